The summed E-state index contributed by atoms with van der Waals surface area (Å²) in [5, 5.41) is 2.57. The zero-order valence-electron chi connectivity index (χ0n) is 19.6. The van der Waals surface area contributed by atoms with E-state index in [4.69, 9.17) is 15.2 Å². The zero-order valence-corrected chi connectivity index (χ0v) is 21.2. The molecule has 3 rings (SSSR count). The molecular weight excluding hydrogens is 542 g/mol. The van der Waals surface area contributed by atoms with E-state index in [0.717, 1.165) is 12.1 Å². The van der Waals surface area contributed by atoms with Crippen molar-refractivity contribution in [3.63, 3.8) is 0 Å². The van der Waals surface area contributed by atoms with Gasteiger partial charge in [-0.05, 0) is 59.6 Å². The lowest BCUT2D eigenvalue weighted by Gasteiger charge is -2.17. The van der Waals surface area contributed by atoms with Gasteiger partial charge in [-0.15, -0.1) is 0 Å². The van der Waals surface area contributed by atoms with Crippen LogP contribution in [0.1, 0.15) is 27.3 Å². The molecule has 0 aliphatic carbocycles. The third kappa shape index (κ3) is 5.94. The number of benzene rings is 2. The number of primary amides is 1. The summed E-state index contributed by atoms with van der Waals surface area (Å²) in [6, 6.07) is 7.81. The van der Waals surface area contributed by atoms with Crippen LogP contribution < -0.4 is 21.3 Å². The Balaban J connectivity index is 1.89. The van der Waals surface area contributed by atoms with Crippen LogP contribution in [0.25, 0.3) is 5.69 Å². The number of carbonyl (C=O) groups is 2. The lowest BCUT2D eigenvalue weighted by molar-refractivity contribution is -0.127. The normalized spacial score (nSPS) is 11.7. The third-order valence-corrected chi connectivity index (χ3v) is 5.99. The molecule has 1 atom stereocenters. The summed E-state index contributed by atoms with van der Waals surface area (Å²) in [6.45, 7) is 2.93. The third-order valence-electron chi connectivity index (χ3n) is 5.31. The average molecular weight is 565 g/mol. The van der Waals surface area contributed by atoms with Crippen molar-refractivity contribution in [1.29, 1.82) is 0 Å². The molecule has 190 valence electrons. The van der Waals surface area contributed by atoms with E-state index in [1.165, 1.54) is 23.8 Å². The second-order valence-electron chi connectivity index (χ2n) is 7.78. The molecule has 0 aliphatic heterocycles. The van der Waals surface area contributed by atoms with Crippen LogP contribution in [0, 0.1) is 25.5 Å². The molecule has 0 radical (unpaired) electrons. The number of ether oxygens (including phenoxy) is 2. The van der Waals surface area contributed by atoms with E-state index in [1.807, 2.05) is 0 Å². The molecule has 0 saturated heterocycles. The first kappa shape index (κ1) is 27.0. The predicted molar refractivity (Wildman–Crippen MR) is 130 cm³/mol. The van der Waals surface area contributed by atoms with Gasteiger partial charge in [0.05, 0.1) is 12.2 Å². The molecule has 3 N–H and O–H groups in total. The van der Waals surface area contributed by atoms with Gasteiger partial charge >= 0.3 is 0 Å². The van der Waals surface area contributed by atoms with E-state index in [0.29, 0.717) is 11.3 Å². The molecule has 2 amide bonds. The van der Waals surface area contributed by atoms with Gasteiger partial charge in [0.25, 0.3) is 11.5 Å². The maximum atomic E-state index is 13.9. The van der Waals surface area contributed by atoms with Crippen molar-refractivity contribution in [1.82, 2.24) is 14.9 Å². The fraction of sp³-hybridized carbons (Fsp3) is 0.250. The Kier molecular flexibility index (Phi) is 8.53. The SMILES string of the molecule is CO[C@H](CNC(=O)c1ccc(C)c(-n2c(C)nc(OCc3ccc(F)cc3F)c(Br)c2=O)c1)C(N)=O. The second kappa shape index (κ2) is 11.4. The Morgan fingerprint density at radius 1 is 1.19 bits per heavy atom. The summed E-state index contributed by atoms with van der Waals surface area (Å²) in [5.74, 6) is -2.54. The summed E-state index contributed by atoms with van der Waals surface area (Å²) in [5.41, 5.74) is 6.08. The first-order valence-corrected chi connectivity index (χ1v) is 11.4. The Bertz CT molecular complexity index is 1380. The number of hydrogen-bond donors (Lipinski definition) is 2. The minimum atomic E-state index is -0.986. The number of nitrogens with one attached hydrogen (secondary N) is 1. The predicted octanol–water partition coefficient (Wildman–Crippen LogP) is 2.70. The van der Waals surface area contributed by atoms with Crippen LogP contribution >= 0.6 is 15.9 Å². The van der Waals surface area contributed by atoms with Crippen molar-refractivity contribution in [3.05, 3.63) is 85.4 Å². The molecule has 3 aromatic rings. The van der Waals surface area contributed by atoms with Gasteiger partial charge in [-0.2, -0.15) is 4.98 Å². The van der Waals surface area contributed by atoms with Crippen LogP contribution in [0.3, 0.4) is 0 Å². The van der Waals surface area contributed by atoms with Gasteiger partial charge in [0.1, 0.15) is 28.5 Å². The van der Waals surface area contributed by atoms with Gasteiger partial charge in [-0.25, -0.2) is 8.78 Å². The quantitative estimate of drug-likeness (QED) is 0.411. The summed E-state index contributed by atoms with van der Waals surface area (Å²) < 4.78 is 38.8. The fourth-order valence-corrected chi connectivity index (χ4v) is 3.71. The van der Waals surface area contributed by atoms with Crippen molar-refractivity contribution in [2.45, 2.75) is 26.6 Å². The molecule has 0 bridgehead atoms. The molecule has 0 fully saturated rings. The first-order valence-electron chi connectivity index (χ1n) is 10.6. The molecule has 0 aliphatic rings. The van der Waals surface area contributed by atoms with Gasteiger partial charge in [0, 0.05) is 24.3 Å². The van der Waals surface area contributed by atoms with Gasteiger partial charge < -0.3 is 20.5 Å². The maximum Gasteiger partial charge on any atom is 0.276 e. The number of aryl methyl sites for hydroxylation is 2. The van der Waals surface area contributed by atoms with E-state index in [-0.39, 0.29) is 40.5 Å². The summed E-state index contributed by atoms with van der Waals surface area (Å²) in [4.78, 5) is 41.5. The smallest absolute Gasteiger partial charge is 0.276 e. The van der Waals surface area contributed by atoms with Gasteiger partial charge in [-0.3, -0.25) is 19.0 Å². The molecule has 0 saturated carbocycles. The maximum absolute atomic E-state index is 13.9. The molecule has 0 unspecified atom stereocenters. The summed E-state index contributed by atoms with van der Waals surface area (Å²) in [6.07, 6.45) is -0.986. The molecule has 1 aromatic heterocycles. The molecule has 36 heavy (non-hydrogen) atoms. The van der Waals surface area contributed by atoms with Gasteiger partial charge in [0.15, 0.2) is 6.10 Å². The van der Waals surface area contributed by atoms with Crippen molar-refractivity contribution in [2.75, 3.05) is 13.7 Å². The summed E-state index contributed by atoms with van der Waals surface area (Å²) in [7, 11) is 1.30. The monoisotopic (exact) mass is 564 g/mol. The standard InChI is InChI=1S/C24H23BrF2N4O5/c1-12-4-5-14(22(33)29-10-19(35-3)21(28)32)8-18(12)31-13(2)30-23(20(25)24(31)34)36-11-15-6-7-16(26)9-17(15)27/h4-9,19H,10-11H2,1-3H3,(H2,28,32)(H,29,33)/t19-/m1/s1. The molecule has 2 aromatic carbocycles. The number of methoxy groups -OCH3 is 1. The Hall–Kier alpha value is -3.64. The van der Waals surface area contributed by atoms with Crippen molar-refractivity contribution in [3.8, 4) is 11.6 Å². The van der Waals surface area contributed by atoms with Gasteiger partial charge in [0.2, 0.25) is 11.8 Å². The number of rotatable bonds is 9. The Morgan fingerprint density at radius 2 is 1.92 bits per heavy atom. The lowest BCUT2D eigenvalue weighted by atomic mass is 10.1. The Morgan fingerprint density at radius 3 is 2.56 bits per heavy atom. The highest BCUT2D eigenvalue weighted by Gasteiger charge is 2.20. The van der Waals surface area contributed by atoms with Crippen molar-refractivity contribution >= 4 is 27.7 Å². The number of halogens is 3. The first-order chi connectivity index (χ1) is 17.0. The largest absolute Gasteiger partial charge is 0.472 e. The minimum Gasteiger partial charge on any atom is -0.472 e. The van der Waals surface area contributed by atoms with Crippen LogP contribution in [-0.4, -0.2) is 41.1 Å². The van der Waals surface area contributed by atoms with Crippen LogP contribution in [0.4, 0.5) is 8.78 Å². The van der Waals surface area contributed by atoms with Crippen LogP contribution in [-0.2, 0) is 16.1 Å². The molecular formula is C24H23BrF2N4O5. The van der Waals surface area contributed by atoms with E-state index in [1.54, 1.807) is 26.0 Å². The minimum absolute atomic E-state index is 0.0192. The van der Waals surface area contributed by atoms with Crippen molar-refractivity contribution in [2.24, 2.45) is 5.73 Å². The number of nitrogens with zero attached hydrogens (tertiary/aromatic N) is 2. The van der Waals surface area contributed by atoms with E-state index < -0.39 is 35.1 Å². The van der Waals surface area contributed by atoms with Gasteiger partial charge in [-0.1, -0.05) is 6.07 Å². The van der Waals surface area contributed by atoms with Crippen molar-refractivity contribution < 1.29 is 27.8 Å². The number of hydrogen-bond acceptors (Lipinski definition) is 6. The Labute approximate surface area is 213 Å². The summed E-state index contributed by atoms with van der Waals surface area (Å²) >= 11 is 3.19. The number of amides is 2. The fourth-order valence-electron chi connectivity index (χ4n) is 3.33. The molecule has 9 nitrogen and oxygen atoms in total. The highest BCUT2D eigenvalue weighted by atomic mass is 79.9. The van der Waals surface area contributed by atoms with E-state index in [9.17, 15) is 23.2 Å². The number of carbonyl (C=O) groups excluding carboxylic acids is 2. The second-order valence-corrected chi connectivity index (χ2v) is 8.57. The average Bonchev–Trinajstić information content (AvgIpc) is 2.82. The van der Waals surface area contributed by atoms with Crippen LogP contribution in [0.5, 0.6) is 5.88 Å². The topological polar surface area (TPSA) is 126 Å². The highest BCUT2D eigenvalue weighted by molar-refractivity contribution is 9.10. The van der Waals surface area contributed by atoms with Crippen LogP contribution in [0.15, 0.2) is 45.7 Å². The molecule has 0 spiro atoms. The van der Waals surface area contributed by atoms with Crippen LogP contribution in [0.2, 0.25) is 0 Å². The molecule has 12 heteroatoms. The number of nitrogens with two attached hydrogens (primary N) is 1. The lowest BCUT2D eigenvalue weighted by Crippen LogP contribution is -2.41. The molecule has 1 heterocycles. The van der Waals surface area contributed by atoms with E-state index >= 15 is 0 Å². The zero-order chi connectivity index (χ0) is 26.6. The van der Waals surface area contributed by atoms with E-state index in [2.05, 4.69) is 26.2 Å². The number of aromatic nitrogens is 2. The highest BCUT2D eigenvalue weighted by Crippen LogP contribution is 2.24.